The number of hydrogen-bond acceptors (Lipinski definition) is 3. The van der Waals surface area contributed by atoms with Gasteiger partial charge in [-0.3, -0.25) is 4.79 Å². The number of piperidine rings is 1. The number of amides is 1. The minimum Gasteiger partial charge on any atom is -0.497 e. The van der Waals surface area contributed by atoms with E-state index in [1.165, 1.54) is 22.0 Å². The van der Waals surface area contributed by atoms with Crippen LogP contribution in [-0.4, -0.2) is 49.0 Å². The summed E-state index contributed by atoms with van der Waals surface area (Å²) in [7, 11) is 1.63. The van der Waals surface area contributed by atoms with Crippen LogP contribution in [0.1, 0.15) is 46.7 Å². The van der Waals surface area contributed by atoms with Gasteiger partial charge in [-0.25, -0.2) is 0 Å². The molecular weight excluding hydrogens is 499 g/mol. The summed E-state index contributed by atoms with van der Waals surface area (Å²) >= 11 is 8.67. The number of carbonyl (C=O) groups is 1. The summed E-state index contributed by atoms with van der Waals surface area (Å²) in [5.41, 5.74) is 3.29. The molecule has 2 heterocycles. The van der Waals surface area contributed by atoms with Crippen molar-refractivity contribution in [1.29, 1.82) is 0 Å². The fourth-order valence-corrected chi connectivity index (χ4v) is 5.42. The number of halogens is 2. The number of likely N-dealkylation sites (tertiary alicyclic amines) is 1. The molecule has 0 spiro atoms. The lowest BCUT2D eigenvalue weighted by molar-refractivity contribution is 0.0768. The van der Waals surface area contributed by atoms with Crippen molar-refractivity contribution in [3.63, 3.8) is 0 Å². The molecule has 154 valence electrons. The van der Waals surface area contributed by atoms with Crippen LogP contribution < -0.4 is 4.74 Å². The van der Waals surface area contributed by atoms with Crippen LogP contribution in [0.2, 0.25) is 5.02 Å². The molecule has 0 aromatic heterocycles. The van der Waals surface area contributed by atoms with Crippen molar-refractivity contribution >= 4 is 40.1 Å². The Morgan fingerprint density at radius 3 is 2.72 bits per heavy atom. The molecule has 2 aliphatic rings. The Morgan fingerprint density at radius 2 is 1.97 bits per heavy atom. The zero-order valence-electron chi connectivity index (χ0n) is 16.7. The van der Waals surface area contributed by atoms with E-state index in [0.29, 0.717) is 12.5 Å². The fraction of sp³-hybridized carbons (Fsp3) is 0.435. The number of rotatable bonds is 6. The van der Waals surface area contributed by atoms with Crippen molar-refractivity contribution in [2.24, 2.45) is 0 Å². The quantitative estimate of drug-likeness (QED) is 0.488. The first-order valence-electron chi connectivity index (χ1n) is 10.2. The van der Waals surface area contributed by atoms with E-state index in [1.54, 1.807) is 7.11 Å². The first-order chi connectivity index (χ1) is 14.1. The highest BCUT2D eigenvalue weighted by atomic mass is 127. The molecule has 1 saturated heterocycles. The van der Waals surface area contributed by atoms with Crippen molar-refractivity contribution in [3.05, 3.63) is 61.7 Å². The second-order valence-electron chi connectivity index (χ2n) is 7.86. The Kier molecular flexibility index (Phi) is 6.66. The zero-order chi connectivity index (χ0) is 20.4. The highest BCUT2D eigenvalue weighted by Gasteiger charge is 2.28. The van der Waals surface area contributed by atoms with E-state index >= 15 is 0 Å². The molecule has 29 heavy (non-hydrogen) atoms. The lowest BCUT2D eigenvalue weighted by Gasteiger charge is -2.33. The highest BCUT2D eigenvalue weighted by Crippen LogP contribution is 2.34. The summed E-state index contributed by atoms with van der Waals surface area (Å²) in [4.78, 5) is 17.1. The molecule has 0 N–H and O–H groups in total. The monoisotopic (exact) mass is 524 g/mol. The molecular formula is C23H26ClIN2O2. The molecule has 0 atom stereocenters. The van der Waals surface area contributed by atoms with E-state index < -0.39 is 0 Å². The molecule has 0 radical (unpaired) electrons. The normalized spacial score (nSPS) is 17.6. The molecule has 2 aromatic carbocycles. The average molecular weight is 525 g/mol. The van der Waals surface area contributed by atoms with Gasteiger partial charge in [0, 0.05) is 22.2 Å². The van der Waals surface area contributed by atoms with Gasteiger partial charge in [-0.15, -0.1) is 0 Å². The number of fused-ring (bicyclic) bond motifs is 1. The Morgan fingerprint density at radius 1 is 1.17 bits per heavy atom. The molecule has 1 fully saturated rings. The minimum absolute atomic E-state index is 0.133. The summed E-state index contributed by atoms with van der Waals surface area (Å²) in [5, 5.41) is 0.861. The Balaban J connectivity index is 1.24. The van der Waals surface area contributed by atoms with Gasteiger partial charge in [-0.2, -0.15) is 0 Å². The largest absolute Gasteiger partial charge is 0.497 e. The smallest absolute Gasteiger partial charge is 0.254 e. The van der Waals surface area contributed by atoms with Crippen molar-refractivity contribution in [2.45, 2.75) is 31.7 Å². The number of hydrogen-bond donors (Lipinski definition) is 0. The second-order valence-corrected chi connectivity index (χ2v) is 9.35. The van der Waals surface area contributed by atoms with Crippen molar-refractivity contribution in [2.75, 3.05) is 33.3 Å². The van der Waals surface area contributed by atoms with Crippen LogP contribution in [-0.2, 0) is 6.54 Å². The first-order valence-corrected chi connectivity index (χ1v) is 11.6. The standard InChI is InChI=1S/C23H26ClIN2O2/c1-29-18-7-6-17-15-27(23(28)20(17)14-18)11-3-10-26-12-8-16(9-13-26)19-4-2-5-21(24)22(19)25/h2,4-7,14,16H,3,8-13,15H2,1H3. The van der Waals surface area contributed by atoms with E-state index in [2.05, 4.69) is 39.6 Å². The predicted molar refractivity (Wildman–Crippen MR) is 125 cm³/mol. The van der Waals surface area contributed by atoms with Crippen LogP contribution >= 0.6 is 34.2 Å². The molecule has 4 rings (SSSR count). The van der Waals surface area contributed by atoms with Gasteiger partial charge in [0.2, 0.25) is 0 Å². The maximum absolute atomic E-state index is 12.7. The highest BCUT2D eigenvalue weighted by molar-refractivity contribution is 14.1. The van der Waals surface area contributed by atoms with Gasteiger partial charge < -0.3 is 14.5 Å². The number of ether oxygens (including phenoxy) is 1. The summed E-state index contributed by atoms with van der Waals surface area (Å²) in [6, 6.07) is 12.1. The summed E-state index contributed by atoms with van der Waals surface area (Å²) in [6.45, 7) is 4.79. The average Bonchev–Trinajstić information content (AvgIpc) is 3.06. The maximum Gasteiger partial charge on any atom is 0.254 e. The van der Waals surface area contributed by atoms with Crippen LogP contribution in [0.5, 0.6) is 5.75 Å². The van der Waals surface area contributed by atoms with E-state index in [0.717, 1.165) is 54.5 Å². The fourth-order valence-electron chi connectivity index (χ4n) is 4.44. The van der Waals surface area contributed by atoms with Gasteiger partial charge in [0.25, 0.3) is 5.91 Å². The number of methoxy groups -OCH3 is 1. The second kappa shape index (κ2) is 9.23. The molecule has 0 saturated carbocycles. The van der Waals surface area contributed by atoms with E-state index in [9.17, 15) is 4.79 Å². The van der Waals surface area contributed by atoms with Crippen LogP contribution in [0.25, 0.3) is 0 Å². The van der Waals surface area contributed by atoms with E-state index in [1.807, 2.05) is 29.2 Å². The van der Waals surface area contributed by atoms with Crippen molar-refractivity contribution in [1.82, 2.24) is 9.80 Å². The molecule has 1 amide bonds. The van der Waals surface area contributed by atoms with Gasteiger partial charge in [0.05, 0.1) is 12.1 Å². The maximum atomic E-state index is 12.7. The van der Waals surface area contributed by atoms with Crippen molar-refractivity contribution in [3.8, 4) is 5.75 Å². The summed E-state index contributed by atoms with van der Waals surface area (Å²) < 4.78 is 6.46. The molecule has 6 heteroatoms. The summed E-state index contributed by atoms with van der Waals surface area (Å²) in [6.07, 6.45) is 3.35. The van der Waals surface area contributed by atoms with Gasteiger partial charge >= 0.3 is 0 Å². The Labute approximate surface area is 191 Å². The number of benzene rings is 2. The van der Waals surface area contributed by atoms with Crippen LogP contribution in [0.3, 0.4) is 0 Å². The molecule has 0 unspecified atom stereocenters. The SMILES string of the molecule is COc1ccc2c(c1)C(=O)N(CCCN1CCC(c3cccc(Cl)c3I)CC1)C2. The predicted octanol–water partition coefficient (Wildman–Crippen LogP) is 5.18. The van der Waals surface area contributed by atoms with Gasteiger partial charge in [-0.05, 0) is 96.7 Å². The van der Waals surface area contributed by atoms with Gasteiger partial charge in [-0.1, -0.05) is 29.8 Å². The molecule has 2 aromatic rings. The third-order valence-corrected chi connectivity index (χ3v) is 7.94. The van der Waals surface area contributed by atoms with Crippen molar-refractivity contribution < 1.29 is 9.53 Å². The van der Waals surface area contributed by atoms with E-state index in [4.69, 9.17) is 16.3 Å². The van der Waals surface area contributed by atoms with Crippen LogP contribution in [0.15, 0.2) is 36.4 Å². The zero-order valence-corrected chi connectivity index (χ0v) is 19.6. The van der Waals surface area contributed by atoms with Crippen LogP contribution in [0.4, 0.5) is 0 Å². The minimum atomic E-state index is 0.133. The summed E-state index contributed by atoms with van der Waals surface area (Å²) in [5.74, 6) is 1.48. The topological polar surface area (TPSA) is 32.8 Å². The molecule has 4 nitrogen and oxygen atoms in total. The van der Waals surface area contributed by atoms with Gasteiger partial charge in [0.15, 0.2) is 0 Å². The Hall–Kier alpha value is -1.31. The molecule has 0 aliphatic carbocycles. The Bertz CT molecular complexity index is 896. The first kappa shape index (κ1) is 20.9. The number of nitrogens with zero attached hydrogens (tertiary/aromatic N) is 2. The lowest BCUT2D eigenvalue weighted by atomic mass is 9.89. The van der Waals surface area contributed by atoms with E-state index in [-0.39, 0.29) is 5.91 Å². The van der Waals surface area contributed by atoms with Crippen LogP contribution in [0, 0.1) is 3.57 Å². The molecule has 0 bridgehead atoms. The lowest BCUT2D eigenvalue weighted by Crippen LogP contribution is -2.35. The molecule has 2 aliphatic heterocycles. The third-order valence-electron chi connectivity index (χ3n) is 6.11. The van der Waals surface area contributed by atoms with Gasteiger partial charge in [0.1, 0.15) is 5.75 Å². The third kappa shape index (κ3) is 4.57. The number of carbonyl (C=O) groups excluding carboxylic acids is 1.